The average molecular weight is 312 g/mol. The highest BCUT2D eigenvalue weighted by atomic mass is 15.0. The zero-order chi connectivity index (χ0) is 17.5. The summed E-state index contributed by atoms with van der Waals surface area (Å²) in [5.41, 5.74) is 1.72. The van der Waals surface area contributed by atoms with Crippen LogP contribution in [0.25, 0.3) is 0 Å². The summed E-state index contributed by atoms with van der Waals surface area (Å²) in [5, 5.41) is 0. The summed E-state index contributed by atoms with van der Waals surface area (Å²) >= 11 is 0. The lowest BCUT2D eigenvalue weighted by molar-refractivity contribution is 0.505. The number of para-hydroxylation sites is 2. The quantitative estimate of drug-likeness (QED) is 0.779. The van der Waals surface area contributed by atoms with E-state index >= 15 is 0 Å². The first-order valence-corrected chi connectivity index (χ1v) is 7.40. The van der Waals surface area contributed by atoms with E-state index in [1.165, 1.54) is 0 Å². The number of hydrogen-bond acceptors (Lipinski definition) is 4. The van der Waals surface area contributed by atoms with Gasteiger partial charge in [-0.25, -0.2) is 0 Å². The molecule has 4 nitrogen and oxygen atoms in total. The first kappa shape index (κ1) is 20.7. The second-order valence-corrected chi connectivity index (χ2v) is 5.68. The molecule has 0 aromatic heterocycles. The molecule has 2 aromatic rings. The van der Waals surface area contributed by atoms with Gasteiger partial charge in [0.2, 0.25) is 0 Å². The number of nitrogens with zero attached hydrogens (tertiary/aromatic N) is 4. The van der Waals surface area contributed by atoms with Gasteiger partial charge in [-0.1, -0.05) is 36.4 Å². The SMILES string of the molecule is C(=Nc1ccccc1)=Nc1ccccc1.CN(C)C.CN(C)C. The van der Waals surface area contributed by atoms with Crippen molar-refractivity contribution in [3.8, 4) is 0 Å². The zero-order valence-electron chi connectivity index (χ0n) is 15.1. The fraction of sp³-hybridized carbons (Fsp3) is 0.316. The molecule has 0 fully saturated rings. The Bertz CT molecular complexity index is 501. The summed E-state index contributed by atoms with van der Waals surface area (Å²) in [6.45, 7) is 0. The molecule has 4 heteroatoms. The first-order valence-electron chi connectivity index (χ1n) is 7.40. The normalized spacial score (nSPS) is 9.04. The molecular weight excluding hydrogens is 284 g/mol. The molecule has 124 valence electrons. The Kier molecular flexibility index (Phi) is 12.1. The van der Waals surface area contributed by atoms with Gasteiger partial charge >= 0.3 is 0 Å². The van der Waals surface area contributed by atoms with Crippen LogP contribution in [-0.4, -0.2) is 58.1 Å². The number of hydrogen-bond donors (Lipinski definition) is 0. The maximum Gasteiger partial charge on any atom is 0.100 e. The lowest BCUT2D eigenvalue weighted by atomic mass is 10.3. The van der Waals surface area contributed by atoms with E-state index in [-0.39, 0.29) is 0 Å². The van der Waals surface area contributed by atoms with Crippen LogP contribution in [0.2, 0.25) is 0 Å². The van der Waals surface area contributed by atoms with Crippen LogP contribution >= 0.6 is 0 Å². The van der Waals surface area contributed by atoms with Gasteiger partial charge in [-0.2, -0.15) is 9.98 Å². The van der Waals surface area contributed by atoms with E-state index in [0.29, 0.717) is 0 Å². The van der Waals surface area contributed by atoms with Crippen molar-refractivity contribution in [2.24, 2.45) is 9.98 Å². The predicted octanol–water partition coefficient (Wildman–Crippen LogP) is 4.18. The van der Waals surface area contributed by atoms with Crippen molar-refractivity contribution < 1.29 is 0 Å². The summed E-state index contributed by atoms with van der Waals surface area (Å²) in [6, 6.07) is 21.9. The molecule has 0 spiro atoms. The van der Waals surface area contributed by atoms with Crippen LogP contribution in [0.15, 0.2) is 70.6 Å². The van der Waals surface area contributed by atoms with Gasteiger partial charge in [-0.15, -0.1) is 0 Å². The molecule has 0 aliphatic heterocycles. The molecule has 0 N–H and O–H groups in total. The molecule has 0 aliphatic carbocycles. The highest BCUT2D eigenvalue weighted by molar-refractivity contribution is 5.57. The van der Waals surface area contributed by atoms with Gasteiger partial charge in [-0.3, -0.25) is 0 Å². The fourth-order valence-corrected chi connectivity index (χ4v) is 1.15. The van der Waals surface area contributed by atoms with E-state index in [2.05, 4.69) is 16.0 Å². The van der Waals surface area contributed by atoms with Gasteiger partial charge in [0.05, 0.1) is 11.4 Å². The summed E-state index contributed by atoms with van der Waals surface area (Å²) in [6.07, 6.45) is 0. The van der Waals surface area contributed by atoms with E-state index in [0.717, 1.165) is 11.4 Å². The highest BCUT2D eigenvalue weighted by Crippen LogP contribution is 2.10. The summed E-state index contributed by atoms with van der Waals surface area (Å²) in [4.78, 5) is 12.2. The van der Waals surface area contributed by atoms with E-state index in [1.807, 2.05) is 113 Å². The Morgan fingerprint density at radius 2 is 0.826 bits per heavy atom. The maximum atomic E-state index is 4.08. The molecule has 0 saturated heterocycles. The van der Waals surface area contributed by atoms with E-state index in [1.54, 1.807) is 0 Å². The minimum absolute atomic E-state index is 0.859. The Morgan fingerprint density at radius 1 is 0.565 bits per heavy atom. The van der Waals surface area contributed by atoms with Crippen molar-refractivity contribution in [3.63, 3.8) is 0 Å². The second-order valence-electron chi connectivity index (χ2n) is 5.68. The van der Waals surface area contributed by atoms with Crippen molar-refractivity contribution in [3.05, 3.63) is 60.7 Å². The van der Waals surface area contributed by atoms with Gasteiger partial charge in [0.15, 0.2) is 0 Å². The van der Waals surface area contributed by atoms with Crippen LogP contribution < -0.4 is 0 Å². The molecule has 2 aromatic carbocycles. The van der Waals surface area contributed by atoms with Crippen LogP contribution in [-0.2, 0) is 0 Å². The maximum absolute atomic E-state index is 4.08. The van der Waals surface area contributed by atoms with Crippen molar-refractivity contribution in [1.82, 2.24) is 9.80 Å². The molecule has 0 bridgehead atoms. The molecule has 0 heterocycles. The third-order valence-electron chi connectivity index (χ3n) is 1.87. The van der Waals surface area contributed by atoms with Gasteiger partial charge in [0.25, 0.3) is 0 Å². The molecule has 0 aliphatic rings. The van der Waals surface area contributed by atoms with Crippen molar-refractivity contribution in [2.75, 3.05) is 42.3 Å². The van der Waals surface area contributed by atoms with Crippen molar-refractivity contribution in [2.45, 2.75) is 0 Å². The van der Waals surface area contributed by atoms with Gasteiger partial charge in [-0.05, 0) is 66.6 Å². The largest absolute Gasteiger partial charge is 0.312 e. The number of rotatable bonds is 2. The van der Waals surface area contributed by atoms with Crippen LogP contribution in [0, 0.1) is 0 Å². The smallest absolute Gasteiger partial charge is 0.100 e. The standard InChI is InChI=1S/C13H10N2.2C3H9N/c1-3-7-12(8-4-1)14-11-15-13-9-5-2-6-10-13;2*1-4(2)3/h1-10H;2*1-3H3. The summed E-state index contributed by atoms with van der Waals surface area (Å²) in [7, 11) is 12.0. The molecule has 0 unspecified atom stereocenters. The minimum Gasteiger partial charge on any atom is -0.312 e. The van der Waals surface area contributed by atoms with E-state index in [9.17, 15) is 0 Å². The second kappa shape index (κ2) is 13.4. The Balaban J connectivity index is 0.000000509. The van der Waals surface area contributed by atoms with Crippen LogP contribution in [0.5, 0.6) is 0 Å². The summed E-state index contributed by atoms with van der Waals surface area (Å²) in [5.74, 6) is 0. The Hall–Kier alpha value is -2.26. The third kappa shape index (κ3) is 15.9. The summed E-state index contributed by atoms with van der Waals surface area (Å²) < 4.78 is 0. The first-order chi connectivity index (χ1) is 10.9. The lowest BCUT2D eigenvalue weighted by Gasteiger charge is -1.90. The van der Waals surface area contributed by atoms with Crippen molar-refractivity contribution >= 4 is 17.4 Å². The molecule has 2 rings (SSSR count). The van der Waals surface area contributed by atoms with E-state index in [4.69, 9.17) is 0 Å². The van der Waals surface area contributed by atoms with Gasteiger partial charge in [0, 0.05) is 0 Å². The van der Waals surface area contributed by atoms with Crippen LogP contribution in [0.3, 0.4) is 0 Å². The monoisotopic (exact) mass is 312 g/mol. The molecular formula is C19H28N4. The van der Waals surface area contributed by atoms with Crippen LogP contribution in [0.1, 0.15) is 0 Å². The minimum atomic E-state index is 0.859. The topological polar surface area (TPSA) is 31.2 Å². The Labute approximate surface area is 140 Å². The van der Waals surface area contributed by atoms with Gasteiger partial charge < -0.3 is 9.80 Å². The lowest BCUT2D eigenvalue weighted by Crippen LogP contribution is -1.99. The van der Waals surface area contributed by atoms with Crippen molar-refractivity contribution in [1.29, 1.82) is 0 Å². The predicted molar refractivity (Wildman–Crippen MR) is 101 cm³/mol. The molecule has 0 radical (unpaired) electrons. The average Bonchev–Trinajstić information content (AvgIpc) is 2.48. The molecule has 0 atom stereocenters. The third-order valence-corrected chi connectivity index (χ3v) is 1.87. The fourth-order valence-electron chi connectivity index (χ4n) is 1.15. The number of aliphatic imine (C=N–C) groups is 2. The molecule has 0 amide bonds. The van der Waals surface area contributed by atoms with Crippen LogP contribution in [0.4, 0.5) is 11.4 Å². The highest BCUT2D eigenvalue weighted by Gasteiger charge is 1.83. The zero-order valence-corrected chi connectivity index (χ0v) is 15.1. The van der Waals surface area contributed by atoms with E-state index < -0.39 is 0 Å². The molecule has 0 saturated carbocycles. The Morgan fingerprint density at radius 3 is 1.09 bits per heavy atom. The number of benzene rings is 2. The van der Waals surface area contributed by atoms with Gasteiger partial charge in [0.1, 0.15) is 6.01 Å². The molecule has 23 heavy (non-hydrogen) atoms.